The second-order valence-electron chi connectivity index (χ2n) is 2.24. The molecule has 0 amide bonds. The van der Waals surface area contributed by atoms with Gasteiger partial charge in [-0.2, -0.15) is 0 Å². The minimum absolute atomic E-state index is 0.810. The van der Waals surface area contributed by atoms with Crippen molar-refractivity contribution in [1.82, 2.24) is 0 Å². The summed E-state index contributed by atoms with van der Waals surface area (Å²) in [4.78, 5) is 0. The molecule has 11 heavy (non-hydrogen) atoms. The van der Waals surface area contributed by atoms with Crippen LogP contribution in [0.5, 0.6) is 5.75 Å². The molecule has 1 heterocycles. The predicted molar refractivity (Wildman–Crippen MR) is 40.7 cm³/mol. The molecule has 1 aliphatic heterocycles. The highest BCUT2D eigenvalue weighted by molar-refractivity contribution is 5.71. The molecule has 1 aliphatic carbocycles. The summed E-state index contributed by atoms with van der Waals surface area (Å²) < 4.78 is 10.1. The van der Waals surface area contributed by atoms with Crippen molar-refractivity contribution < 1.29 is 9.15 Å². The Morgan fingerprint density at radius 1 is 1.55 bits per heavy atom. The number of hydrogen-bond donors (Lipinski definition) is 0. The zero-order chi connectivity index (χ0) is 7.68. The number of hydrogen-bond acceptors (Lipinski definition) is 2. The maximum absolute atomic E-state index is 5.08. The van der Waals surface area contributed by atoms with E-state index in [2.05, 4.69) is 6.07 Å². The van der Waals surface area contributed by atoms with E-state index in [9.17, 15) is 0 Å². The van der Waals surface area contributed by atoms with Crippen LogP contribution in [0.15, 0.2) is 29.1 Å². The summed E-state index contributed by atoms with van der Waals surface area (Å²) in [7, 11) is 1.63. The van der Waals surface area contributed by atoms with Gasteiger partial charge in [0.25, 0.3) is 0 Å². The molecule has 0 unspecified atom stereocenters. The summed E-state index contributed by atoms with van der Waals surface area (Å²) in [6.45, 7) is 0. The molecular formula is C9H7O2. The molecule has 2 rings (SSSR count). The Bertz CT molecular complexity index is 324. The van der Waals surface area contributed by atoms with E-state index in [1.54, 1.807) is 25.7 Å². The van der Waals surface area contributed by atoms with Crippen LogP contribution in [0.25, 0.3) is 11.1 Å². The Balaban J connectivity index is 2.64. The van der Waals surface area contributed by atoms with Crippen LogP contribution >= 0.6 is 0 Å². The van der Waals surface area contributed by atoms with E-state index >= 15 is 0 Å². The summed E-state index contributed by atoms with van der Waals surface area (Å²) in [5.74, 6) is 0.810. The minimum atomic E-state index is 0.810. The highest BCUT2D eigenvalue weighted by Gasteiger charge is 2.08. The van der Waals surface area contributed by atoms with E-state index in [0.29, 0.717) is 0 Å². The van der Waals surface area contributed by atoms with Gasteiger partial charge >= 0.3 is 0 Å². The molecule has 0 aromatic heterocycles. The number of rotatable bonds is 1. The van der Waals surface area contributed by atoms with Crippen molar-refractivity contribution in [3.05, 3.63) is 30.7 Å². The van der Waals surface area contributed by atoms with Gasteiger partial charge in [0.2, 0.25) is 0 Å². The van der Waals surface area contributed by atoms with Crippen molar-refractivity contribution in [2.75, 3.05) is 7.11 Å². The Morgan fingerprint density at radius 2 is 2.45 bits per heavy atom. The van der Waals surface area contributed by atoms with Gasteiger partial charge in [-0.25, -0.2) is 0 Å². The lowest BCUT2D eigenvalue weighted by molar-refractivity contribution is 0.416. The normalized spacial score (nSPS) is 10.3. The van der Waals surface area contributed by atoms with Crippen LogP contribution in [-0.2, 0) is 0 Å². The zero-order valence-electron chi connectivity index (χ0n) is 6.13. The predicted octanol–water partition coefficient (Wildman–Crippen LogP) is 2.19. The topological polar surface area (TPSA) is 22.4 Å². The van der Waals surface area contributed by atoms with Gasteiger partial charge in [-0.1, -0.05) is 0 Å². The molecule has 2 heteroatoms. The van der Waals surface area contributed by atoms with Crippen molar-refractivity contribution >= 4 is 0 Å². The summed E-state index contributed by atoms with van der Waals surface area (Å²) in [6, 6.07) is 6.72. The maximum Gasteiger partial charge on any atom is 0.130 e. The molecule has 0 fully saturated rings. The lowest BCUT2D eigenvalue weighted by atomic mass is 10.2. The van der Waals surface area contributed by atoms with Crippen LogP contribution in [-0.4, -0.2) is 7.11 Å². The van der Waals surface area contributed by atoms with Crippen LogP contribution in [0.2, 0.25) is 0 Å². The van der Waals surface area contributed by atoms with Crippen LogP contribution in [0.4, 0.5) is 0 Å². The molecule has 1 radical (unpaired) electrons. The Labute approximate surface area is 64.7 Å². The average molecular weight is 147 g/mol. The Morgan fingerprint density at radius 3 is 3.27 bits per heavy atom. The van der Waals surface area contributed by atoms with Crippen LogP contribution < -0.4 is 4.74 Å². The molecule has 0 aromatic rings. The quantitative estimate of drug-likeness (QED) is 0.616. The van der Waals surface area contributed by atoms with Crippen LogP contribution in [0.1, 0.15) is 0 Å². The van der Waals surface area contributed by atoms with Crippen molar-refractivity contribution in [3.63, 3.8) is 0 Å². The fourth-order valence-corrected chi connectivity index (χ4v) is 1.07. The van der Waals surface area contributed by atoms with Gasteiger partial charge in [0.15, 0.2) is 0 Å². The van der Waals surface area contributed by atoms with E-state index in [4.69, 9.17) is 9.15 Å². The third-order valence-electron chi connectivity index (χ3n) is 1.63. The van der Waals surface area contributed by atoms with E-state index in [1.807, 2.05) is 6.07 Å². The van der Waals surface area contributed by atoms with Crippen LogP contribution in [0.3, 0.4) is 0 Å². The Kier molecular flexibility index (Phi) is 1.32. The van der Waals surface area contributed by atoms with Crippen molar-refractivity contribution in [1.29, 1.82) is 0 Å². The van der Waals surface area contributed by atoms with Crippen molar-refractivity contribution in [2.45, 2.75) is 0 Å². The monoisotopic (exact) mass is 147 g/mol. The van der Waals surface area contributed by atoms with Gasteiger partial charge in [-0.3, -0.25) is 0 Å². The highest BCUT2D eigenvalue weighted by atomic mass is 16.5. The second kappa shape index (κ2) is 2.31. The molecule has 0 spiro atoms. The van der Waals surface area contributed by atoms with Crippen LogP contribution in [0, 0.1) is 6.07 Å². The molecule has 2 nitrogen and oxygen atoms in total. The number of fused-ring (bicyclic) bond motifs is 1. The van der Waals surface area contributed by atoms with Gasteiger partial charge in [0, 0.05) is 0 Å². The molecule has 2 aliphatic rings. The third kappa shape index (κ3) is 0.871. The van der Waals surface area contributed by atoms with E-state index in [1.165, 1.54) is 0 Å². The first-order valence-electron chi connectivity index (χ1n) is 3.32. The van der Waals surface area contributed by atoms with Gasteiger partial charge < -0.3 is 9.15 Å². The molecule has 0 atom stereocenters. The number of ether oxygens (including phenoxy) is 1. The molecular weight excluding hydrogens is 140 g/mol. The average Bonchev–Trinajstić information content (AvgIpc) is 2.47. The van der Waals surface area contributed by atoms with Gasteiger partial charge in [0.1, 0.15) is 12.0 Å². The lowest BCUT2D eigenvalue weighted by Gasteiger charge is -1.99. The fourth-order valence-electron chi connectivity index (χ4n) is 1.07. The molecule has 55 valence electrons. The van der Waals surface area contributed by atoms with Crippen molar-refractivity contribution in [2.24, 2.45) is 0 Å². The summed E-state index contributed by atoms with van der Waals surface area (Å²) in [6.07, 6.45) is 3.28. The molecule has 0 N–H and O–H groups in total. The standard InChI is InChI=1S/C9H7O2/c1-10-9-3-2-7-4-5-11-6-8(7)9/h3-6H,1H3. The zero-order valence-corrected chi connectivity index (χ0v) is 6.13. The first-order chi connectivity index (χ1) is 5.42. The fraction of sp³-hybridized carbons (Fsp3) is 0.111. The molecule has 0 aromatic carbocycles. The lowest BCUT2D eigenvalue weighted by Crippen LogP contribution is -1.80. The SMILES string of the molecule is COc1c[c]c2ccocc1-2. The largest absolute Gasteiger partial charge is 0.496 e. The van der Waals surface area contributed by atoms with E-state index in [0.717, 1.165) is 16.9 Å². The molecule has 0 bridgehead atoms. The second-order valence-corrected chi connectivity index (χ2v) is 2.24. The first kappa shape index (κ1) is 6.28. The van der Waals surface area contributed by atoms with Gasteiger partial charge in [-0.15, -0.1) is 0 Å². The van der Waals surface area contributed by atoms with Gasteiger partial charge in [-0.05, 0) is 23.8 Å². The summed E-state index contributed by atoms with van der Waals surface area (Å²) >= 11 is 0. The third-order valence-corrected chi connectivity index (χ3v) is 1.63. The molecule has 0 saturated carbocycles. The summed E-state index contributed by atoms with van der Waals surface area (Å²) in [5, 5.41) is 0. The highest BCUT2D eigenvalue weighted by Crippen LogP contribution is 2.32. The summed E-state index contributed by atoms with van der Waals surface area (Å²) in [5.41, 5.74) is 1.99. The van der Waals surface area contributed by atoms with E-state index < -0.39 is 0 Å². The number of methoxy groups -OCH3 is 1. The molecule has 0 saturated heterocycles. The Hall–Kier alpha value is -1.44. The maximum atomic E-state index is 5.08. The van der Waals surface area contributed by atoms with Gasteiger partial charge in [0.05, 0.1) is 18.9 Å². The van der Waals surface area contributed by atoms with E-state index in [-0.39, 0.29) is 0 Å². The minimum Gasteiger partial charge on any atom is -0.496 e. The smallest absolute Gasteiger partial charge is 0.130 e. The van der Waals surface area contributed by atoms with Crippen molar-refractivity contribution in [3.8, 4) is 16.9 Å². The first-order valence-corrected chi connectivity index (χ1v) is 3.32.